The van der Waals surface area contributed by atoms with Crippen molar-refractivity contribution >= 4 is 11.9 Å². The van der Waals surface area contributed by atoms with Crippen molar-refractivity contribution in [2.45, 2.75) is 32.6 Å². The van der Waals surface area contributed by atoms with Crippen LogP contribution in [0.2, 0.25) is 0 Å². The molecule has 21 heavy (non-hydrogen) atoms. The van der Waals surface area contributed by atoms with E-state index in [0.29, 0.717) is 23.9 Å². The number of aromatic nitrogens is 3. The number of nitrogen functional groups attached to an aromatic ring is 1. The molecule has 0 saturated heterocycles. The van der Waals surface area contributed by atoms with Gasteiger partial charge in [-0.05, 0) is 31.1 Å². The predicted octanol–water partition coefficient (Wildman–Crippen LogP) is 1.17. The maximum atomic E-state index is 5.43. The summed E-state index contributed by atoms with van der Waals surface area (Å²) in [7, 11) is 1.73. The molecule has 0 bridgehead atoms. The summed E-state index contributed by atoms with van der Waals surface area (Å²) in [6.45, 7) is 4.18. The highest BCUT2D eigenvalue weighted by Gasteiger charge is 2.41. The molecule has 1 aromatic rings. The van der Waals surface area contributed by atoms with Crippen LogP contribution in [0, 0.1) is 5.41 Å². The van der Waals surface area contributed by atoms with E-state index >= 15 is 0 Å². The van der Waals surface area contributed by atoms with Crippen LogP contribution < -0.4 is 21.3 Å². The third kappa shape index (κ3) is 4.68. The lowest BCUT2D eigenvalue weighted by atomic mass is 10.0. The molecular formula is C13H24N6O2. The summed E-state index contributed by atoms with van der Waals surface area (Å²) in [5.74, 6) is 6.15. The summed E-state index contributed by atoms with van der Waals surface area (Å²) in [5.41, 5.74) is 2.74. The number of rotatable bonds is 10. The fourth-order valence-corrected chi connectivity index (χ4v) is 2.04. The predicted molar refractivity (Wildman–Crippen MR) is 80.1 cm³/mol. The zero-order valence-corrected chi connectivity index (χ0v) is 12.7. The molecule has 8 nitrogen and oxygen atoms in total. The molecule has 118 valence electrons. The molecule has 0 atom stereocenters. The Kier molecular flexibility index (Phi) is 5.51. The fraction of sp³-hybridized carbons (Fsp3) is 0.769. The quantitative estimate of drug-likeness (QED) is 0.436. The van der Waals surface area contributed by atoms with Gasteiger partial charge in [-0.25, -0.2) is 5.84 Å². The number of hydrogen-bond acceptors (Lipinski definition) is 8. The molecule has 1 aromatic heterocycles. The third-order valence-corrected chi connectivity index (χ3v) is 3.59. The summed E-state index contributed by atoms with van der Waals surface area (Å²) in [6, 6.07) is 0.282. The van der Waals surface area contributed by atoms with Gasteiger partial charge in [0.15, 0.2) is 0 Å². The standard InChI is InChI=1S/C13H24N6O2/c1-3-7-21-12-17-10(16-11(18-12)19-14)15-9-13(4-5-13)6-8-20-2/h3-9,14H2,1-2H3,(H2,15,16,17,18,19). The van der Waals surface area contributed by atoms with Crippen molar-refractivity contribution in [3.8, 4) is 6.01 Å². The van der Waals surface area contributed by atoms with Crippen LogP contribution in [-0.4, -0.2) is 41.8 Å². The molecular weight excluding hydrogens is 272 g/mol. The van der Waals surface area contributed by atoms with Crippen molar-refractivity contribution in [1.82, 2.24) is 15.0 Å². The van der Waals surface area contributed by atoms with Crippen LogP contribution in [-0.2, 0) is 4.74 Å². The van der Waals surface area contributed by atoms with E-state index in [1.165, 1.54) is 12.8 Å². The van der Waals surface area contributed by atoms with Crippen molar-refractivity contribution in [1.29, 1.82) is 0 Å². The Hall–Kier alpha value is -1.67. The molecule has 1 aliphatic rings. The molecule has 0 radical (unpaired) electrons. The molecule has 1 saturated carbocycles. The number of methoxy groups -OCH3 is 1. The highest BCUT2D eigenvalue weighted by Crippen LogP contribution is 2.48. The number of ether oxygens (including phenoxy) is 2. The second kappa shape index (κ2) is 7.37. The average molecular weight is 296 g/mol. The van der Waals surface area contributed by atoms with Gasteiger partial charge in [0.05, 0.1) is 6.61 Å². The molecule has 1 aliphatic carbocycles. The van der Waals surface area contributed by atoms with Crippen molar-refractivity contribution in [3.63, 3.8) is 0 Å². The molecule has 0 unspecified atom stereocenters. The minimum atomic E-state index is 0.282. The van der Waals surface area contributed by atoms with Crippen molar-refractivity contribution in [2.75, 3.05) is 37.6 Å². The van der Waals surface area contributed by atoms with Gasteiger partial charge in [-0.3, -0.25) is 5.43 Å². The van der Waals surface area contributed by atoms with Gasteiger partial charge in [-0.15, -0.1) is 0 Å². The Morgan fingerprint density at radius 2 is 1.95 bits per heavy atom. The number of anilines is 2. The van der Waals surface area contributed by atoms with Gasteiger partial charge < -0.3 is 14.8 Å². The van der Waals surface area contributed by atoms with Gasteiger partial charge in [0.25, 0.3) is 0 Å². The van der Waals surface area contributed by atoms with E-state index in [1.807, 2.05) is 6.92 Å². The summed E-state index contributed by atoms with van der Waals surface area (Å²) in [5, 5.41) is 3.25. The normalized spacial score (nSPS) is 15.6. The Morgan fingerprint density at radius 3 is 2.57 bits per heavy atom. The summed E-state index contributed by atoms with van der Waals surface area (Å²) < 4.78 is 10.6. The smallest absolute Gasteiger partial charge is 0.323 e. The lowest BCUT2D eigenvalue weighted by Crippen LogP contribution is -2.20. The zero-order valence-electron chi connectivity index (χ0n) is 12.7. The number of nitrogens with one attached hydrogen (secondary N) is 2. The van der Waals surface area contributed by atoms with E-state index < -0.39 is 0 Å². The molecule has 0 amide bonds. The second-order valence-corrected chi connectivity index (χ2v) is 5.35. The molecule has 8 heteroatoms. The van der Waals surface area contributed by atoms with E-state index in [2.05, 4.69) is 25.7 Å². The first kappa shape index (κ1) is 15.7. The van der Waals surface area contributed by atoms with Crippen LogP contribution in [0.25, 0.3) is 0 Å². The summed E-state index contributed by atoms with van der Waals surface area (Å²) in [6.07, 6.45) is 4.34. The first-order chi connectivity index (χ1) is 10.2. The average Bonchev–Trinajstić information content (AvgIpc) is 3.29. The monoisotopic (exact) mass is 296 g/mol. The molecule has 0 aromatic carbocycles. The van der Waals surface area contributed by atoms with Gasteiger partial charge in [0.2, 0.25) is 11.9 Å². The van der Waals surface area contributed by atoms with Gasteiger partial charge >= 0.3 is 6.01 Å². The van der Waals surface area contributed by atoms with E-state index in [-0.39, 0.29) is 6.01 Å². The van der Waals surface area contributed by atoms with E-state index in [0.717, 1.165) is 26.0 Å². The molecule has 4 N–H and O–H groups in total. The molecule has 2 rings (SSSR count). The fourth-order valence-electron chi connectivity index (χ4n) is 2.04. The maximum absolute atomic E-state index is 5.43. The van der Waals surface area contributed by atoms with Gasteiger partial charge in [-0.2, -0.15) is 15.0 Å². The van der Waals surface area contributed by atoms with Crippen molar-refractivity contribution < 1.29 is 9.47 Å². The Bertz CT molecular complexity index is 452. The Morgan fingerprint density at radius 1 is 1.19 bits per heavy atom. The van der Waals surface area contributed by atoms with Crippen molar-refractivity contribution in [3.05, 3.63) is 0 Å². The number of nitrogens with two attached hydrogens (primary N) is 1. The third-order valence-electron chi connectivity index (χ3n) is 3.59. The molecule has 0 spiro atoms. The van der Waals surface area contributed by atoms with Crippen LogP contribution in [0.1, 0.15) is 32.6 Å². The van der Waals surface area contributed by atoms with Gasteiger partial charge in [0.1, 0.15) is 0 Å². The largest absolute Gasteiger partial charge is 0.463 e. The topological polar surface area (TPSA) is 107 Å². The Balaban J connectivity index is 1.95. The van der Waals surface area contributed by atoms with Crippen LogP contribution in [0.5, 0.6) is 6.01 Å². The second-order valence-electron chi connectivity index (χ2n) is 5.35. The van der Waals surface area contributed by atoms with Crippen LogP contribution in [0.3, 0.4) is 0 Å². The highest BCUT2D eigenvalue weighted by molar-refractivity contribution is 5.35. The van der Waals surface area contributed by atoms with Gasteiger partial charge in [0, 0.05) is 20.3 Å². The summed E-state index contributed by atoms with van der Waals surface area (Å²) in [4.78, 5) is 12.5. The minimum Gasteiger partial charge on any atom is -0.463 e. The molecule has 1 heterocycles. The number of hydrogen-bond donors (Lipinski definition) is 3. The van der Waals surface area contributed by atoms with E-state index in [4.69, 9.17) is 15.3 Å². The van der Waals surface area contributed by atoms with Crippen LogP contribution in [0.4, 0.5) is 11.9 Å². The molecule has 1 fully saturated rings. The lowest BCUT2D eigenvalue weighted by Gasteiger charge is -2.16. The number of nitrogens with zero attached hydrogens (tertiary/aromatic N) is 3. The van der Waals surface area contributed by atoms with Crippen LogP contribution >= 0.6 is 0 Å². The number of hydrazine groups is 1. The SMILES string of the molecule is CCCOc1nc(NN)nc(NCC2(CCOC)CC2)n1. The Labute approximate surface area is 124 Å². The van der Waals surface area contributed by atoms with Gasteiger partial charge in [-0.1, -0.05) is 6.92 Å². The lowest BCUT2D eigenvalue weighted by molar-refractivity contribution is 0.174. The van der Waals surface area contributed by atoms with Crippen LogP contribution in [0.15, 0.2) is 0 Å². The van der Waals surface area contributed by atoms with Crippen molar-refractivity contribution in [2.24, 2.45) is 11.3 Å². The first-order valence-corrected chi connectivity index (χ1v) is 7.29. The first-order valence-electron chi connectivity index (χ1n) is 7.29. The molecule has 0 aliphatic heterocycles. The highest BCUT2D eigenvalue weighted by atomic mass is 16.5. The minimum absolute atomic E-state index is 0.282. The summed E-state index contributed by atoms with van der Waals surface area (Å²) >= 11 is 0. The zero-order chi connectivity index (χ0) is 15.1. The maximum Gasteiger partial charge on any atom is 0.323 e. The van der Waals surface area contributed by atoms with E-state index in [9.17, 15) is 0 Å². The van der Waals surface area contributed by atoms with E-state index in [1.54, 1.807) is 7.11 Å².